The number of ether oxygens (including phenoxy) is 1. The fourth-order valence-electron chi connectivity index (χ4n) is 2.14. The molecule has 0 aliphatic heterocycles. The number of hydrogen-bond acceptors (Lipinski definition) is 3. The predicted molar refractivity (Wildman–Crippen MR) is 71.0 cm³/mol. The highest BCUT2D eigenvalue weighted by Gasteiger charge is 2.37. The van der Waals surface area contributed by atoms with Crippen LogP contribution in [0.4, 0.5) is 4.79 Å². The molecule has 0 bridgehead atoms. The van der Waals surface area contributed by atoms with Crippen molar-refractivity contribution < 1.29 is 19.4 Å². The van der Waals surface area contributed by atoms with Crippen molar-refractivity contribution in [2.24, 2.45) is 5.92 Å². The first-order valence-electron chi connectivity index (χ1n) is 6.76. The van der Waals surface area contributed by atoms with E-state index in [4.69, 9.17) is 9.84 Å². The van der Waals surface area contributed by atoms with E-state index in [0.717, 1.165) is 19.3 Å². The third-order valence-corrected chi connectivity index (χ3v) is 4.03. The lowest BCUT2D eigenvalue weighted by molar-refractivity contribution is -0.140. The van der Waals surface area contributed by atoms with Crippen molar-refractivity contribution in [3.63, 3.8) is 0 Å². The number of methoxy groups -OCH3 is 1. The quantitative estimate of drug-likeness (QED) is 0.653. The largest absolute Gasteiger partial charge is 0.480 e. The highest BCUT2D eigenvalue weighted by molar-refractivity contribution is 5.82. The van der Waals surface area contributed by atoms with Crippen molar-refractivity contribution in [1.29, 1.82) is 0 Å². The van der Waals surface area contributed by atoms with Crippen LogP contribution < -0.4 is 10.6 Å². The van der Waals surface area contributed by atoms with Gasteiger partial charge in [-0.25, -0.2) is 9.59 Å². The van der Waals surface area contributed by atoms with Gasteiger partial charge in [0.05, 0.1) is 5.60 Å². The topological polar surface area (TPSA) is 87.7 Å². The smallest absolute Gasteiger partial charge is 0.326 e. The molecule has 1 rings (SSSR count). The van der Waals surface area contributed by atoms with Crippen LogP contribution in [-0.2, 0) is 9.53 Å². The van der Waals surface area contributed by atoms with Crippen LogP contribution in [0, 0.1) is 5.92 Å². The molecule has 0 aromatic heterocycles. The van der Waals surface area contributed by atoms with Crippen LogP contribution in [0.5, 0.6) is 0 Å². The summed E-state index contributed by atoms with van der Waals surface area (Å²) in [5, 5.41) is 14.3. The second-order valence-electron chi connectivity index (χ2n) is 5.27. The molecule has 0 heterocycles. The second kappa shape index (κ2) is 6.75. The Kier molecular flexibility index (Phi) is 5.60. The maximum atomic E-state index is 11.7. The number of aliphatic carboxylic acids is 1. The Hall–Kier alpha value is -1.30. The first kappa shape index (κ1) is 15.8. The zero-order valence-electron chi connectivity index (χ0n) is 11.9. The summed E-state index contributed by atoms with van der Waals surface area (Å²) in [6, 6.07) is -1.30. The van der Waals surface area contributed by atoms with Crippen molar-refractivity contribution >= 4 is 12.0 Å². The SMILES string of the molecule is CCC(C)[C@H](NC(=O)NCC1(OC)CCC1)C(=O)O. The molecule has 1 fully saturated rings. The van der Waals surface area contributed by atoms with E-state index in [2.05, 4.69) is 10.6 Å². The minimum absolute atomic E-state index is 0.108. The Morgan fingerprint density at radius 3 is 2.42 bits per heavy atom. The third-order valence-electron chi connectivity index (χ3n) is 4.03. The van der Waals surface area contributed by atoms with Crippen molar-refractivity contribution in [3.8, 4) is 0 Å². The molecule has 0 radical (unpaired) electrons. The van der Waals surface area contributed by atoms with Gasteiger partial charge in [0.15, 0.2) is 0 Å². The highest BCUT2D eigenvalue weighted by atomic mass is 16.5. The van der Waals surface area contributed by atoms with E-state index in [-0.39, 0.29) is 11.5 Å². The van der Waals surface area contributed by atoms with Crippen LogP contribution in [0.25, 0.3) is 0 Å². The van der Waals surface area contributed by atoms with Crippen LogP contribution in [0.3, 0.4) is 0 Å². The lowest BCUT2D eigenvalue weighted by atomic mass is 9.80. The van der Waals surface area contributed by atoms with Crippen LogP contribution in [-0.4, -0.2) is 42.4 Å². The van der Waals surface area contributed by atoms with Crippen molar-refractivity contribution in [1.82, 2.24) is 10.6 Å². The summed E-state index contributed by atoms with van der Waals surface area (Å²) < 4.78 is 5.39. The van der Waals surface area contributed by atoms with Crippen LogP contribution >= 0.6 is 0 Å². The number of nitrogens with one attached hydrogen (secondary N) is 2. The Balaban J connectivity index is 2.42. The summed E-state index contributed by atoms with van der Waals surface area (Å²) in [4.78, 5) is 22.8. The number of carbonyl (C=O) groups is 2. The fraction of sp³-hybridized carbons (Fsp3) is 0.846. The van der Waals surface area contributed by atoms with E-state index in [0.29, 0.717) is 13.0 Å². The lowest BCUT2D eigenvalue weighted by Gasteiger charge is -2.40. The maximum Gasteiger partial charge on any atom is 0.326 e. The summed E-state index contributed by atoms with van der Waals surface area (Å²) in [5.41, 5.74) is -0.258. The molecule has 19 heavy (non-hydrogen) atoms. The molecule has 2 amide bonds. The van der Waals surface area contributed by atoms with E-state index in [1.165, 1.54) is 0 Å². The summed E-state index contributed by atoms with van der Waals surface area (Å²) in [5.74, 6) is -1.11. The number of hydrogen-bond donors (Lipinski definition) is 3. The summed E-state index contributed by atoms with van der Waals surface area (Å²) in [7, 11) is 1.64. The molecule has 6 heteroatoms. The van der Waals surface area contributed by atoms with Crippen molar-refractivity contribution in [3.05, 3.63) is 0 Å². The number of carboxylic acids is 1. The molecular weight excluding hydrogens is 248 g/mol. The summed E-state index contributed by atoms with van der Waals surface area (Å²) >= 11 is 0. The molecule has 0 aromatic carbocycles. The Morgan fingerprint density at radius 2 is 2.05 bits per heavy atom. The van der Waals surface area contributed by atoms with Gasteiger partial charge < -0.3 is 20.5 Å². The van der Waals surface area contributed by atoms with Gasteiger partial charge in [-0.3, -0.25) is 0 Å². The minimum atomic E-state index is -1.01. The van der Waals surface area contributed by atoms with Crippen LogP contribution in [0.2, 0.25) is 0 Å². The summed E-state index contributed by atoms with van der Waals surface area (Å²) in [6.45, 7) is 4.12. The van der Waals surface area contributed by atoms with Crippen LogP contribution in [0.1, 0.15) is 39.5 Å². The molecule has 1 unspecified atom stereocenters. The molecule has 1 aliphatic carbocycles. The molecule has 1 saturated carbocycles. The van der Waals surface area contributed by atoms with Gasteiger partial charge in [0, 0.05) is 13.7 Å². The molecule has 0 saturated heterocycles. The highest BCUT2D eigenvalue weighted by Crippen LogP contribution is 2.34. The van der Waals surface area contributed by atoms with E-state index >= 15 is 0 Å². The number of carbonyl (C=O) groups excluding carboxylic acids is 1. The van der Waals surface area contributed by atoms with Gasteiger partial charge in [0.2, 0.25) is 0 Å². The maximum absolute atomic E-state index is 11.7. The molecular formula is C13H24N2O4. The molecule has 6 nitrogen and oxygen atoms in total. The Morgan fingerprint density at radius 1 is 1.42 bits per heavy atom. The van der Waals surface area contributed by atoms with E-state index in [1.54, 1.807) is 7.11 Å². The molecule has 0 spiro atoms. The predicted octanol–water partition coefficient (Wildman–Crippen LogP) is 1.35. The average molecular weight is 272 g/mol. The van der Waals surface area contributed by atoms with Gasteiger partial charge in [-0.2, -0.15) is 0 Å². The molecule has 110 valence electrons. The van der Waals surface area contributed by atoms with Crippen LogP contribution in [0.15, 0.2) is 0 Å². The number of rotatable bonds is 7. The van der Waals surface area contributed by atoms with Gasteiger partial charge in [-0.05, 0) is 25.2 Å². The zero-order valence-corrected chi connectivity index (χ0v) is 11.9. The Labute approximate surface area is 113 Å². The fourth-order valence-corrected chi connectivity index (χ4v) is 2.14. The number of urea groups is 1. The van der Waals surface area contributed by atoms with Crippen molar-refractivity contribution in [2.45, 2.75) is 51.2 Å². The first-order valence-corrected chi connectivity index (χ1v) is 6.76. The molecule has 3 N–H and O–H groups in total. The zero-order chi connectivity index (χ0) is 14.5. The molecule has 1 aliphatic rings. The minimum Gasteiger partial charge on any atom is -0.480 e. The van der Waals surface area contributed by atoms with Gasteiger partial charge in [-0.15, -0.1) is 0 Å². The van der Waals surface area contributed by atoms with Crippen molar-refractivity contribution in [2.75, 3.05) is 13.7 Å². The Bertz CT molecular complexity index is 323. The third kappa shape index (κ3) is 4.09. The summed E-state index contributed by atoms with van der Waals surface area (Å²) in [6.07, 6.45) is 3.65. The van der Waals surface area contributed by atoms with E-state index < -0.39 is 18.0 Å². The number of amides is 2. The molecule has 2 atom stereocenters. The molecule has 0 aromatic rings. The van der Waals surface area contributed by atoms with Gasteiger partial charge in [0.1, 0.15) is 6.04 Å². The van der Waals surface area contributed by atoms with Gasteiger partial charge >= 0.3 is 12.0 Å². The standard InChI is InChI=1S/C13H24N2O4/c1-4-9(2)10(11(16)17)15-12(18)14-8-13(19-3)6-5-7-13/h9-10H,4-8H2,1-3H3,(H,16,17)(H2,14,15,18)/t9?,10-/m0/s1. The average Bonchev–Trinajstić information content (AvgIpc) is 2.34. The lowest BCUT2D eigenvalue weighted by Crippen LogP contribution is -2.54. The second-order valence-corrected chi connectivity index (χ2v) is 5.27. The van der Waals surface area contributed by atoms with Gasteiger partial charge in [0.25, 0.3) is 0 Å². The first-order chi connectivity index (χ1) is 8.94. The van der Waals surface area contributed by atoms with E-state index in [9.17, 15) is 9.59 Å². The van der Waals surface area contributed by atoms with E-state index in [1.807, 2.05) is 13.8 Å². The number of carboxylic acid groups (broad SMARTS) is 1. The normalized spacial score (nSPS) is 19.9. The monoisotopic (exact) mass is 272 g/mol. The van der Waals surface area contributed by atoms with Gasteiger partial charge in [-0.1, -0.05) is 20.3 Å².